The lowest BCUT2D eigenvalue weighted by molar-refractivity contribution is -0.118. The first-order chi connectivity index (χ1) is 21.7. The largest absolute Gasteiger partial charge is 0.486 e. The maximum atomic E-state index is 13.8. The molecular weight excluding hydrogens is 667 g/mol. The van der Waals surface area contributed by atoms with Crippen LogP contribution in [0, 0.1) is 19.7 Å². The number of benzene rings is 3. The Bertz CT molecular complexity index is 1830. The highest BCUT2D eigenvalue weighted by Crippen LogP contribution is 2.34. The van der Waals surface area contributed by atoms with Crippen molar-refractivity contribution in [1.82, 2.24) is 9.99 Å². The van der Waals surface area contributed by atoms with Crippen LogP contribution in [0.25, 0.3) is 5.69 Å². The number of aryl methyl sites for hydroxylation is 2. The Balaban J connectivity index is 1.10. The molecule has 0 atom stereocenters. The summed E-state index contributed by atoms with van der Waals surface area (Å²) in [7, 11) is 0. The number of carbonyl (C=O) groups is 2. The van der Waals surface area contributed by atoms with Gasteiger partial charge in [-0.1, -0.05) is 23.7 Å². The zero-order valence-electron chi connectivity index (χ0n) is 24.1. The van der Waals surface area contributed by atoms with Gasteiger partial charge in [-0.15, -0.1) is 0 Å². The third-order valence-corrected chi connectivity index (χ3v) is 7.40. The van der Waals surface area contributed by atoms with E-state index in [4.69, 9.17) is 25.5 Å². The van der Waals surface area contributed by atoms with Crippen molar-refractivity contribution in [2.24, 2.45) is 5.10 Å². The third kappa shape index (κ3) is 8.00. The summed E-state index contributed by atoms with van der Waals surface area (Å²) >= 11 is 9.70. The molecule has 0 aliphatic heterocycles. The number of ether oxygens (including phenoxy) is 2. The lowest BCUT2D eigenvalue weighted by Gasteiger charge is -2.11. The molecule has 45 heavy (non-hydrogen) atoms. The predicted molar refractivity (Wildman–Crippen MR) is 173 cm³/mol. The van der Waals surface area contributed by atoms with Crippen LogP contribution in [0.4, 0.5) is 10.1 Å². The van der Waals surface area contributed by atoms with Crippen molar-refractivity contribution >= 4 is 51.2 Å². The Morgan fingerprint density at radius 1 is 1.00 bits per heavy atom. The number of rotatable bonds is 11. The van der Waals surface area contributed by atoms with Crippen LogP contribution in [-0.2, 0) is 11.4 Å². The molecular formula is C33H27BrClFN4O5. The first-order valence-electron chi connectivity index (χ1n) is 13.6. The van der Waals surface area contributed by atoms with Crippen molar-refractivity contribution < 1.29 is 27.9 Å². The van der Waals surface area contributed by atoms with Crippen molar-refractivity contribution in [2.45, 2.75) is 20.5 Å². The molecule has 0 saturated carbocycles. The maximum absolute atomic E-state index is 13.8. The minimum absolute atomic E-state index is 0.0453. The summed E-state index contributed by atoms with van der Waals surface area (Å²) in [4.78, 5) is 24.7. The van der Waals surface area contributed by atoms with Crippen LogP contribution in [-0.4, -0.2) is 29.2 Å². The van der Waals surface area contributed by atoms with E-state index in [1.165, 1.54) is 30.5 Å². The number of anilines is 1. The van der Waals surface area contributed by atoms with Crippen LogP contribution in [0.15, 0.2) is 98.9 Å². The summed E-state index contributed by atoms with van der Waals surface area (Å²) in [5, 5.41) is 6.59. The molecule has 12 heteroatoms. The Hall–Kier alpha value is -4.87. The van der Waals surface area contributed by atoms with Crippen molar-refractivity contribution in [1.29, 1.82) is 0 Å². The van der Waals surface area contributed by atoms with Crippen molar-refractivity contribution in [2.75, 3.05) is 11.9 Å². The quantitative estimate of drug-likeness (QED) is 0.109. The van der Waals surface area contributed by atoms with Crippen LogP contribution in [0.1, 0.15) is 33.3 Å². The number of hydrogen-bond acceptors (Lipinski definition) is 6. The molecule has 0 radical (unpaired) electrons. The van der Waals surface area contributed by atoms with Crippen LogP contribution in [0.5, 0.6) is 11.5 Å². The van der Waals surface area contributed by atoms with Crippen molar-refractivity contribution in [3.63, 3.8) is 0 Å². The number of furan rings is 1. The molecule has 2 N–H and O–H groups in total. The van der Waals surface area contributed by atoms with Crippen LogP contribution in [0.3, 0.4) is 0 Å². The normalized spacial score (nSPS) is 11.0. The molecule has 2 heterocycles. The van der Waals surface area contributed by atoms with Gasteiger partial charge in [0, 0.05) is 17.1 Å². The molecule has 0 aliphatic carbocycles. The summed E-state index contributed by atoms with van der Waals surface area (Å²) < 4.78 is 33.3. The fourth-order valence-electron chi connectivity index (χ4n) is 4.40. The molecule has 0 bridgehead atoms. The molecule has 3 aromatic carbocycles. The molecule has 5 aromatic rings. The Kier molecular flexibility index (Phi) is 10.0. The topological polar surface area (TPSA) is 107 Å². The second-order valence-electron chi connectivity index (χ2n) is 9.83. The third-order valence-electron chi connectivity index (χ3n) is 6.53. The zero-order chi connectivity index (χ0) is 31.9. The van der Waals surface area contributed by atoms with Gasteiger partial charge in [0.25, 0.3) is 5.91 Å². The van der Waals surface area contributed by atoms with Gasteiger partial charge in [-0.25, -0.2) is 9.82 Å². The first kappa shape index (κ1) is 31.6. The monoisotopic (exact) mass is 692 g/mol. The summed E-state index contributed by atoms with van der Waals surface area (Å²) in [6.45, 7) is 3.86. The number of aromatic nitrogens is 1. The number of amides is 2. The summed E-state index contributed by atoms with van der Waals surface area (Å²) in [6.07, 6.45) is 1.39. The number of nitrogens with zero attached hydrogens (tertiary/aromatic N) is 2. The fourth-order valence-corrected chi connectivity index (χ4v) is 5.39. The molecule has 2 aromatic heterocycles. The van der Waals surface area contributed by atoms with E-state index in [0.29, 0.717) is 21.5 Å². The first-order valence-corrected chi connectivity index (χ1v) is 14.8. The van der Waals surface area contributed by atoms with Crippen molar-refractivity contribution in [3.05, 3.63) is 129 Å². The summed E-state index contributed by atoms with van der Waals surface area (Å²) in [5.41, 5.74) is 6.33. The van der Waals surface area contributed by atoms with Gasteiger partial charge in [-0.2, -0.15) is 5.10 Å². The average molecular weight is 694 g/mol. The summed E-state index contributed by atoms with van der Waals surface area (Å²) in [5.74, 6) is -0.246. The standard InChI is InChI=1S/C33H27BrClFN4O5/c1-20-7-8-21(2)40(20)23-9-11-24(12-10-23)43-18-25-13-14-30(45-25)33(42)39-37-17-22-15-26(34)32(27(35)16-22)44-19-31(41)38-29-6-4-3-5-28(29)36/h3-17H,18-19H2,1-2H3,(H,38,41)(H,39,42)/b37-17+. The van der Waals surface area contributed by atoms with E-state index in [-0.39, 0.29) is 28.8 Å². The van der Waals surface area contributed by atoms with Gasteiger partial charge in [-0.3, -0.25) is 9.59 Å². The number of para-hydroxylation sites is 1. The second kappa shape index (κ2) is 14.3. The average Bonchev–Trinajstić information content (AvgIpc) is 3.63. The lowest BCUT2D eigenvalue weighted by Crippen LogP contribution is -2.21. The molecule has 0 fully saturated rings. The predicted octanol–water partition coefficient (Wildman–Crippen LogP) is 7.60. The number of hydrogen-bond donors (Lipinski definition) is 2. The molecule has 9 nitrogen and oxygen atoms in total. The highest BCUT2D eigenvalue weighted by Gasteiger charge is 2.14. The Morgan fingerprint density at radius 3 is 2.44 bits per heavy atom. The van der Waals surface area contributed by atoms with Crippen molar-refractivity contribution in [3.8, 4) is 17.2 Å². The van der Waals surface area contributed by atoms with Gasteiger partial charge >= 0.3 is 5.91 Å². The lowest BCUT2D eigenvalue weighted by atomic mass is 10.2. The van der Waals surface area contributed by atoms with Crippen LogP contribution < -0.4 is 20.2 Å². The van der Waals surface area contributed by atoms with E-state index in [1.54, 1.807) is 24.3 Å². The van der Waals surface area contributed by atoms with Gasteiger partial charge in [0.05, 0.1) is 21.4 Å². The molecule has 2 amide bonds. The number of nitrogens with one attached hydrogen (secondary N) is 2. The zero-order valence-corrected chi connectivity index (χ0v) is 26.5. The van der Waals surface area contributed by atoms with Gasteiger partial charge in [0.1, 0.15) is 23.9 Å². The molecule has 0 saturated heterocycles. The number of hydrazone groups is 1. The number of carbonyl (C=O) groups excluding carboxylic acids is 2. The van der Waals surface area contributed by atoms with E-state index in [2.05, 4.69) is 62.3 Å². The summed E-state index contributed by atoms with van der Waals surface area (Å²) in [6, 6.07) is 24.0. The van der Waals surface area contributed by atoms with E-state index >= 15 is 0 Å². The van der Waals surface area contributed by atoms with Gasteiger partial charge in [0.15, 0.2) is 18.1 Å². The van der Waals surface area contributed by atoms with Gasteiger partial charge in [-0.05, 0) is 108 Å². The second-order valence-corrected chi connectivity index (χ2v) is 11.1. The smallest absolute Gasteiger partial charge is 0.307 e. The molecule has 0 aliphatic rings. The van der Waals surface area contributed by atoms with E-state index in [0.717, 1.165) is 17.1 Å². The highest BCUT2D eigenvalue weighted by molar-refractivity contribution is 9.10. The minimum atomic E-state index is -0.559. The van der Waals surface area contributed by atoms with E-state index in [1.807, 2.05) is 24.3 Å². The maximum Gasteiger partial charge on any atom is 0.307 e. The molecule has 0 unspecified atom stereocenters. The molecule has 0 spiro atoms. The van der Waals surface area contributed by atoms with Crippen LogP contribution in [0.2, 0.25) is 5.02 Å². The number of halogens is 3. The highest BCUT2D eigenvalue weighted by atomic mass is 79.9. The van der Waals surface area contributed by atoms with Gasteiger partial charge in [0.2, 0.25) is 0 Å². The minimum Gasteiger partial charge on any atom is -0.486 e. The SMILES string of the molecule is Cc1ccc(C)n1-c1ccc(OCc2ccc(C(=O)N/N=C/c3cc(Cl)c(OCC(=O)Nc4ccccc4F)c(Br)c3)o2)cc1. The molecule has 5 rings (SSSR count). The fraction of sp³-hybridized carbons (Fsp3) is 0.121. The Morgan fingerprint density at radius 2 is 1.73 bits per heavy atom. The van der Waals surface area contributed by atoms with Crippen LogP contribution >= 0.6 is 27.5 Å². The molecule has 230 valence electrons. The van der Waals surface area contributed by atoms with Gasteiger partial charge < -0.3 is 23.8 Å². The van der Waals surface area contributed by atoms with E-state index in [9.17, 15) is 14.0 Å². The Labute approximate surface area is 271 Å². The van der Waals surface area contributed by atoms with E-state index < -0.39 is 24.2 Å².